The van der Waals surface area contributed by atoms with E-state index in [2.05, 4.69) is 33.8 Å². The van der Waals surface area contributed by atoms with Crippen LogP contribution in [0.4, 0.5) is 32.3 Å². The summed E-state index contributed by atoms with van der Waals surface area (Å²) < 4.78 is 195. The van der Waals surface area contributed by atoms with Crippen molar-refractivity contribution in [3.8, 4) is 0 Å². The number of benzene rings is 6. The number of carbonyl (C=O) groups excluding carboxylic acids is 2. The zero-order chi connectivity index (χ0) is 83.5. The lowest BCUT2D eigenvalue weighted by Crippen LogP contribution is -2.65. The van der Waals surface area contributed by atoms with E-state index in [9.17, 15) is 90.9 Å². The van der Waals surface area contributed by atoms with Crippen LogP contribution in [0.3, 0.4) is 0 Å². The van der Waals surface area contributed by atoms with Crippen molar-refractivity contribution in [2.45, 2.75) is 187 Å². The molecule has 4 heterocycles. The van der Waals surface area contributed by atoms with Gasteiger partial charge in [-0.2, -0.15) is 0 Å². The number of carbonyl (C=O) groups is 2. The first kappa shape index (κ1) is 98.3. The third-order valence-electron chi connectivity index (χ3n) is 21.1. The number of hydrogen-bond donors (Lipinski definition) is 12. The number of aliphatic hydroxyl groups excluding tert-OH is 5. The summed E-state index contributed by atoms with van der Waals surface area (Å²) >= 11 is 0. The first-order valence-corrected chi connectivity index (χ1v) is 44.3. The van der Waals surface area contributed by atoms with Crippen LogP contribution in [0, 0.1) is 10.8 Å². The van der Waals surface area contributed by atoms with E-state index < -0.39 is 172 Å². The van der Waals surface area contributed by atoms with Gasteiger partial charge in [-0.05, 0) is 120 Å². The molecule has 6 aromatic carbocycles. The fraction of sp³-hybridized carbons (Fsp3) is 0.500. The number of aliphatic hydroxyl groups is 5. The highest BCUT2D eigenvalue weighted by molar-refractivity contribution is 7.91. The van der Waals surface area contributed by atoms with Crippen LogP contribution < -0.4 is 49.5 Å². The minimum atomic E-state index is -5.55. The molecule has 0 aromatic heterocycles. The first-order chi connectivity index (χ1) is 53.6. The maximum Gasteiger partial charge on any atom is 0.321 e. The lowest BCUT2D eigenvalue weighted by molar-refractivity contribution is -0.246. The molecule has 0 radical (unpaired) electrons. The van der Waals surface area contributed by atoms with Gasteiger partial charge in [-0.3, -0.25) is 12.5 Å². The molecule has 0 unspecified atom stereocenters. The maximum atomic E-state index is 14.1. The molecule has 2 fully saturated rings. The highest BCUT2D eigenvalue weighted by Crippen LogP contribution is 2.52. The number of anilines is 4. The van der Waals surface area contributed by atoms with Crippen molar-refractivity contribution in [3.63, 3.8) is 0 Å². The van der Waals surface area contributed by atoms with Crippen LogP contribution in [-0.4, -0.2) is 220 Å². The average molecular weight is 1740 g/mol. The fourth-order valence-corrected chi connectivity index (χ4v) is 20.7. The predicted molar refractivity (Wildman–Crippen MR) is 429 cm³/mol. The van der Waals surface area contributed by atoms with Crippen LogP contribution >= 0.6 is 0 Å². The minimum absolute atomic E-state index is 0. The molecule has 0 aliphatic carbocycles. The summed E-state index contributed by atoms with van der Waals surface area (Å²) in [5.41, 5.74) is 3.01. The normalized spacial score (nSPS) is 26.6. The number of amides is 4. The van der Waals surface area contributed by atoms with Gasteiger partial charge in [-0.1, -0.05) is 138 Å². The second kappa shape index (κ2) is 41.6. The Hall–Kier alpha value is -7.51. The van der Waals surface area contributed by atoms with Crippen molar-refractivity contribution in [3.05, 3.63) is 179 Å². The molecule has 36 nitrogen and oxygen atoms in total. The highest BCUT2D eigenvalue weighted by atomic mass is 32.3. The summed E-state index contributed by atoms with van der Waals surface area (Å²) in [7, 11) is -16.5. The van der Waals surface area contributed by atoms with E-state index in [1.54, 1.807) is 140 Å². The summed E-state index contributed by atoms with van der Waals surface area (Å²) in [5.74, 6) is -2.13. The quantitative estimate of drug-likeness (QED) is 0.0170. The van der Waals surface area contributed by atoms with Crippen LogP contribution in [0.5, 0.6) is 0 Å². The molecule has 652 valence electrons. The van der Waals surface area contributed by atoms with Crippen LogP contribution in [0.1, 0.15) is 124 Å². The Morgan fingerprint density at radius 3 is 1.26 bits per heavy atom. The molecule has 10 rings (SSSR count). The average Bonchev–Trinajstić information content (AvgIpc) is 1.59. The second-order valence-corrected chi connectivity index (χ2v) is 36.3. The van der Waals surface area contributed by atoms with Crippen molar-refractivity contribution < 1.29 is 122 Å². The molecule has 6 aromatic rings. The number of nitrogens with one attached hydrogen (secondary N) is 4. The van der Waals surface area contributed by atoms with E-state index in [0.717, 1.165) is 24.9 Å². The lowest BCUT2D eigenvalue weighted by atomic mass is 9.69. The molecular weight excluding hydrogens is 1630 g/mol. The van der Waals surface area contributed by atoms with Gasteiger partial charge >= 0.3 is 12.1 Å². The number of urea groups is 2. The molecule has 2 saturated heterocycles. The molecule has 41 heteroatoms. The van der Waals surface area contributed by atoms with Crippen molar-refractivity contribution in [1.29, 1.82) is 0 Å². The van der Waals surface area contributed by atoms with E-state index >= 15 is 0 Å². The molecule has 0 bridgehead atoms. The summed E-state index contributed by atoms with van der Waals surface area (Å²) in [5, 5.41) is 68.3. The molecule has 0 spiro atoms. The number of unbranched alkanes of at least 4 members (excludes halogenated alkanes) is 2. The topological polar surface area (TPSA) is 599 Å². The third kappa shape index (κ3) is 25.1. The van der Waals surface area contributed by atoms with Gasteiger partial charge in [0.1, 0.15) is 48.8 Å². The largest absolute Gasteiger partial charge is 0.726 e. The minimum Gasteiger partial charge on any atom is -0.726 e. The number of fused-ring (bicyclic) bond motifs is 2. The molecule has 4 amide bonds. The van der Waals surface area contributed by atoms with Crippen LogP contribution in [0.15, 0.2) is 155 Å². The number of rotatable bonds is 30. The highest BCUT2D eigenvalue weighted by Gasteiger charge is 2.53. The van der Waals surface area contributed by atoms with Gasteiger partial charge in [0.25, 0.3) is 0 Å². The molecule has 4 aliphatic rings. The molecule has 18 N–H and O–H groups in total. The van der Waals surface area contributed by atoms with Crippen molar-refractivity contribution in [2.24, 2.45) is 10.8 Å². The van der Waals surface area contributed by atoms with Crippen molar-refractivity contribution in [1.82, 2.24) is 29.1 Å². The zero-order valence-corrected chi connectivity index (χ0v) is 70.2. The smallest absolute Gasteiger partial charge is 0.321 e. The van der Waals surface area contributed by atoms with E-state index in [-0.39, 0.29) is 64.3 Å². The fourth-order valence-electron chi connectivity index (χ4n) is 15.1. The number of ether oxygens (including phenoxy) is 4. The molecule has 117 heavy (non-hydrogen) atoms. The van der Waals surface area contributed by atoms with Gasteiger partial charge in [-0.25, -0.2) is 51.7 Å². The Balaban J connectivity index is 0.000000355. The maximum absolute atomic E-state index is 14.1. The Labute approximate surface area is 683 Å². The Kier molecular flexibility index (Phi) is 35.0. The van der Waals surface area contributed by atoms with E-state index in [4.69, 9.17) is 18.9 Å². The summed E-state index contributed by atoms with van der Waals surface area (Å²) in [6.07, 6.45) is -14.8. The van der Waals surface area contributed by atoms with Gasteiger partial charge in [0.15, 0.2) is 32.1 Å². The van der Waals surface area contributed by atoms with Crippen molar-refractivity contribution >= 4 is 85.7 Å². The summed E-state index contributed by atoms with van der Waals surface area (Å²) in [6.45, 7) is 5.29. The van der Waals surface area contributed by atoms with Gasteiger partial charge in [0.2, 0.25) is 31.2 Å². The van der Waals surface area contributed by atoms with E-state index in [0.29, 0.717) is 71.2 Å². The molecule has 4 aliphatic heterocycles. The van der Waals surface area contributed by atoms with Crippen LogP contribution in [0.25, 0.3) is 0 Å². The second-order valence-electron chi connectivity index (χ2n) is 29.2. The van der Waals surface area contributed by atoms with Crippen LogP contribution in [-0.2, 0) is 95.6 Å². The third-order valence-corrected chi connectivity index (χ3v) is 26.4. The predicted octanol–water partition coefficient (Wildman–Crippen LogP) is 6.47. The van der Waals surface area contributed by atoms with Crippen LogP contribution in [0.2, 0.25) is 0 Å². The Morgan fingerprint density at radius 2 is 0.880 bits per heavy atom. The molecule has 0 saturated carbocycles. The van der Waals surface area contributed by atoms with Gasteiger partial charge < -0.3 is 108 Å². The number of nitrogens with zero attached hydrogens (tertiary/aromatic N) is 2. The van der Waals surface area contributed by atoms with Gasteiger partial charge in [-0.15, -0.1) is 0 Å². The lowest BCUT2D eigenvalue weighted by Gasteiger charge is -2.44. The summed E-state index contributed by atoms with van der Waals surface area (Å²) in [4.78, 5) is 31.0. The first-order valence-electron chi connectivity index (χ1n) is 36.9. The standard InChI is InChI=1S/C38H51N3O15S3.C38H51N3O12S2.3H3N/c1-5-7-18-38(6-2)23-57(45,46)30-17-16-27(41(3)4)20-28(30)31(35(38)43)25-14-11-15-26(19-25)39-37(44)40-36-32(42)34(53-21-24-12-9-8-10-13-24)33(56-59(50,51)52)29(55-36)22-54-58(47,48)49;1-5-7-18-38(6-2)23-54(46,47)30-17-16-27(41(3)4)20-28(30)31(35(38)44)25-14-11-15-26(19-25)39-37(45)40-36-33(43)34(51-21-24-12-9-8-10-13-24)32(42)29(53-36)22-52-55(48,49)50;;;/h8-17,19-20,29,31-36,42-43H,5-7,18,21-23H2,1-4H3,(H2,39,40,44)(H,47,48,49)(H,50,51,52);8-17,19-20,29,31-36,42-44H,5-7,18,21-23H2,1-4H3,(H2,39,40,45)(H,48,49,50);3*1H3/p-3/t29-,31+,32-,33-,34-,35+,36-,38-;29-,31+,32-,33-,34+,35+,36-,38-;;;/m11.../s1. The van der Waals surface area contributed by atoms with Gasteiger partial charge in [0.05, 0.1) is 59.9 Å². The Bertz CT molecular complexity index is 4880. The van der Waals surface area contributed by atoms with E-state index in [1.165, 1.54) is 6.07 Å². The van der Waals surface area contributed by atoms with Crippen molar-refractivity contribution in [2.75, 3.05) is 73.3 Å². The monoisotopic (exact) mass is 1740 g/mol. The molecule has 16 atom stereocenters. The number of sulfone groups is 2. The zero-order valence-electron chi connectivity index (χ0n) is 66.1. The number of hydrogen-bond acceptors (Lipinski definition) is 32. The van der Waals surface area contributed by atoms with E-state index in [1.807, 2.05) is 65.7 Å². The Morgan fingerprint density at radius 1 is 0.496 bits per heavy atom. The molecular formula is C76H108N9O27S5-3. The van der Waals surface area contributed by atoms with Gasteiger partial charge in [0, 0.05) is 73.6 Å². The summed E-state index contributed by atoms with van der Waals surface area (Å²) in [6, 6.07) is 38.4. The SMILES string of the molecule is CCCC[C@]1(CC)CS(=O)(=O)c2ccc(N(C)C)cc2[C@H](c2cccc(NC(=O)N[C@@H]3O[C@H](COS(=O)(=O)[O-])[C@@H](O)[C@H](OCc4ccccc4)[C@H]3O)c2)[C@@H]1O.CCCC[C@]1(CC)CS(=O)(=O)c2ccc(N(C)C)cc2[C@H](c2cccc(NC(=O)N[C@@H]3O[C@H](COS(=O)(=O)[O-])[C@@H](OS(=O)(=O)[O-])[C@H](OCc4ccccc4)[C@H]3O)c2)[C@@H]1O.N.N.N.